The van der Waals surface area contributed by atoms with Crippen molar-refractivity contribution in [2.75, 3.05) is 11.6 Å². The van der Waals surface area contributed by atoms with Gasteiger partial charge in [-0.25, -0.2) is 8.42 Å². The van der Waals surface area contributed by atoms with Crippen molar-refractivity contribution in [2.45, 2.75) is 11.3 Å². The Balaban J connectivity index is 1.65. The van der Waals surface area contributed by atoms with E-state index in [2.05, 4.69) is 15.5 Å². The Labute approximate surface area is 152 Å². The van der Waals surface area contributed by atoms with E-state index in [0.29, 0.717) is 0 Å². The third kappa shape index (κ3) is 4.36. The summed E-state index contributed by atoms with van der Waals surface area (Å²) in [5.41, 5.74) is 0.727. The molecule has 0 saturated heterocycles. The molecule has 0 spiro atoms. The van der Waals surface area contributed by atoms with Crippen LogP contribution in [0.1, 0.15) is 22.0 Å². The second-order valence-electron chi connectivity index (χ2n) is 5.44. The quantitative estimate of drug-likeness (QED) is 0.487. The van der Waals surface area contributed by atoms with Gasteiger partial charge < -0.3 is 8.83 Å². The molecule has 1 N–H and O–H groups in total. The van der Waals surface area contributed by atoms with Crippen molar-refractivity contribution >= 4 is 27.6 Å². The Morgan fingerprint density at radius 1 is 1.15 bits per heavy atom. The van der Waals surface area contributed by atoms with Crippen LogP contribution in [0, 0.1) is 10.1 Å². The van der Waals surface area contributed by atoms with Crippen molar-refractivity contribution < 1.29 is 27.0 Å². The zero-order chi connectivity index (χ0) is 19.6. The van der Waals surface area contributed by atoms with Crippen LogP contribution in [0.3, 0.4) is 0 Å². The van der Waals surface area contributed by atoms with Crippen LogP contribution in [-0.4, -0.2) is 35.7 Å². The minimum atomic E-state index is -3.28. The van der Waals surface area contributed by atoms with E-state index in [-0.39, 0.29) is 29.0 Å². The summed E-state index contributed by atoms with van der Waals surface area (Å²) in [4.78, 5) is 21.9. The lowest BCUT2D eigenvalue weighted by molar-refractivity contribution is -0.402. The molecule has 1 aromatic carbocycles. The van der Waals surface area contributed by atoms with Crippen LogP contribution in [0.15, 0.2) is 50.1 Å². The molecule has 0 unspecified atom stereocenters. The van der Waals surface area contributed by atoms with Crippen molar-refractivity contribution in [1.82, 2.24) is 10.2 Å². The molecule has 0 aliphatic heterocycles. The summed E-state index contributed by atoms with van der Waals surface area (Å²) in [7, 11) is -3.28. The molecule has 27 heavy (non-hydrogen) atoms. The van der Waals surface area contributed by atoms with Gasteiger partial charge in [-0.2, -0.15) is 0 Å². The number of carbonyl (C=O) groups excluding carboxylic acids is 1. The van der Waals surface area contributed by atoms with Crippen molar-refractivity contribution in [3.05, 3.63) is 63.7 Å². The third-order valence-electron chi connectivity index (χ3n) is 3.39. The minimum absolute atomic E-state index is 0.183. The predicted octanol–water partition coefficient (Wildman–Crippen LogP) is 1.82. The van der Waals surface area contributed by atoms with Gasteiger partial charge in [-0.05, 0) is 23.8 Å². The van der Waals surface area contributed by atoms with Crippen LogP contribution in [0.5, 0.6) is 0 Å². The Morgan fingerprint density at radius 3 is 2.44 bits per heavy atom. The Bertz CT molecular complexity index is 1100. The molecule has 0 atom stereocenters. The lowest BCUT2D eigenvalue weighted by Crippen LogP contribution is -2.11. The van der Waals surface area contributed by atoms with Gasteiger partial charge in [0.15, 0.2) is 15.6 Å². The topological polar surface area (TPSA) is 158 Å². The van der Waals surface area contributed by atoms with E-state index in [0.717, 1.165) is 24.0 Å². The number of nitrogens with one attached hydrogen (secondary N) is 1. The highest BCUT2D eigenvalue weighted by Crippen LogP contribution is 2.18. The maximum atomic E-state index is 11.9. The number of nitro groups is 1. The van der Waals surface area contributed by atoms with Gasteiger partial charge in [-0.15, -0.1) is 5.10 Å². The number of furan rings is 1. The summed E-state index contributed by atoms with van der Waals surface area (Å²) in [6, 6.07) is 8.15. The summed E-state index contributed by atoms with van der Waals surface area (Å²) in [6.07, 6.45) is 1.34. The number of anilines is 1. The van der Waals surface area contributed by atoms with E-state index >= 15 is 0 Å². The number of benzene rings is 1. The summed E-state index contributed by atoms with van der Waals surface area (Å²) in [5.74, 6) is -1.44. The van der Waals surface area contributed by atoms with Gasteiger partial charge in [0.05, 0.1) is 17.4 Å². The average Bonchev–Trinajstić information content (AvgIpc) is 3.24. The molecule has 0 saturated carbocycles. The zero-order valence-corrected chi connectivity index (χ0v) is 14.6. The molecule has 0 fully saturated rings. The summed E-state index contributed by atoms with van der Waals surface area (Å²) < 4.78 is 32.9. The number of amides is 1. The van der Waals surface area contributed by atoms with E-state index in [1.54, 1.807) is 12.1 Å². The molecule has 0 bridgehead atoms. The monoisotopic (exact) mass is 392 g/mol. The predicted molar refractivity (Wildman–Crippen MR) is 90.0 cm³/mol. The zero-order valence-electron chi connectivity index (χ0n) is 13.8. The Morgan fingerprint density at radius 2 is 1.85 bits per heavy atom. The molecule has 0 aliphatic rings. The number of sulfone groups is 1. The fraction of sp³-hybridized carbons (Fsp3) is 0.133. The van der Waals surface area contributed by atoms with Gasteiger partial charge in [-0.3, -0.25) is 20.2 Å². The average molecular weight is 392 g/mol. The number of carbonyl (C=O) groups is 1. The van der Waals surface area contributed by atoms with Gasteiger partial charge in [-0.1, -0.05) is 17.2 Å². The molecular formula is C15H12N4O7S. The van der Waals surface area contributed by atoms with E-state index in [4.69, 9.17) is 8.83 Å². The van der Waals surface area contributed by atoms with Gasteiger partial charge in [0, 0.05) is 6.26 Å². The van der Waals surface area contributed by atoms with Crippen molar-refractivity contribution in [3.63, 3.8) is 0 Å². The van der Waals surface area contributed by atoms with Gasteiger partial charge >= 0.3 is 11.9 Å². The van der Waals surface area contributed by atoms with Crippen LogP contribution in [-0.2, 0) is 16.3 Å². The highest BCUT2D eigenvalue weighted by molar-refractivity contribution is 7.90. The Hall–Kier alpha value is -3.54. The maximum absolute atomic E-state index is 11.9. The SMILES string of the molecule is CS(=O)(=O)c1ccc(Cc2nnc(NC(=O)c3ccc([N+](=O)[O-])o3)o2)cc1. The molecule has 3 rings (SSSR count). The summed E-state index contributed by atoms with van der Waals surface area (Å²) >= 11 is 0. The number of nitrogens with zero attached hydrogens (tertiary/aromatic N) is 3. The first-order valence-corrected chi connectivity index (χ1v) is 9.28. The van der Waals surface area contributed by atoms with E-state index in [1.807, 2.05) is 0 Å². The fourth-order valence-corrected chi connectivity index (χ4v) is 2.74. The van der Waals surface area contributed by atoms with Gasteiger partial charge in [0.25, 0.3) is 5.91 Å². The van der Waals surface area contributed by atoms with Gasteiger partial charge in [0.2, 0.25) is 5.89 Å². The third-order valence-corrected chi connectivity index (χ3v) is 4.52. The number of aromatic nitrogens is 2. The second kappa shape index (κ2) is 6.99. The molecule has 0 aliphatic carbocycles. The highest BCUT2D eigenvalue weighted by atomic mass is 32.2. The fourth-order valence-electron chi connectivity index (χ4n) is 2.11. The number of hydrogen-bond donors (Lipinski definition) is 1. The van der Waals surface area contributed by atoms with Crippen LogP contribution in [0.25, 0.3) is 0 Å². The van der Waals surface area contributed by atoms with Crippen LogP contribution >= 0.6 is 0 Å². The standard InChI is InChI=1S/C15H12N4O7S/c1-27(23,24)10-4-2-9(3-5-10)8-12-17-18-15(26-12)16-14(20)11-6-7-13(25-11)19(21)22/h2-7H,8H2,1H3,(H,16,18,20). The molecule has 2 heterocycles. The lowest BCUT2D eigenvalue weighted by Gasteiger charge is -2.00. The van der Waals surface area contributed by atoms with Crippen molar-refractivity contribution in [3.8, 4) is 0 Å². The number of rotatable bonds is 6. The molecular weight excluding hydrogens is 380 g/mol. The van der Waals surface area contributed by atoms with E-state index in [1.165, 1.54) is 12.1 Å². The molecule has 140 valence electrons. The van der Waals surface area contributed by atoms with Crippen LogP contribution in [0.2, 0.25) is 0 Å². The Kier molecular flexibility index (Phi) is 4.73. The van der Waals surface area contributed by atoms with Crippen LogP contribution in [0.4, 0.5) is 11.9 Å². The smallest absolute Gasteiger partial charge is 0.407 e. The van der Waals surface area contributed by atoms with E-state index in [9.17, 15) is 23.3 Å². The molecule has 12 heteroatoms. The van der Waals surface area contributed by atoms with Crippen molar-refractivity contribution in [1.29, 1.82) is 0 Å². The highest BCUT2D eigenvalue weighted by Gasteiger charge is 2.19. The molecule has 3 aromatic rings. The maximum Gasteiger partial charge on any atom is 0.433 e. The largest absolute Gasteiger partial charge is 0.433 e. The first kappa shape index (κ1) is 18.3. The molecule has 11 nitrogen and oxygen atoms in total. The van der Waals surface area contributed by atoms with Crippen molar-refractivity contribution in [2.24, 2.45) is 0 Å². The first-order valence-electron chi connectivity index (χ1n) is 7.39. The first-order chi connectivity index (χ1) is 12.7. The normalized spacial score (nSPS) is 11.3. The van der Waals surface area contributed by atoms with Crippen LogP contribution < -0.4 is 5.32 Å². The minimum Gasteiger partial charge on any atom is -0.407 e. The molecule has 2 aromatic heterocycles. The molecule has 0 radical (unpaired) electrons. The summed E-state index contributed by atoms with van der Waals surface area (Å²) in [5, 5.41) is 20.3. The molecule has 1 amide bonds. The summed E-state index contributed by atoms with van der Waals surface area (Å²) in [6.45, 7) is 0. The number of hydrogen-bond acceptors (Lipinski definition) is 9. The lowest BCUT2D eigenvalue weighted by atomic mass is 10.1. The second-order valence-corrected chi connectivity index (χ2v) is 7.46. The van der Waals surface area contributed by atoms with E-state index < -0.39 is 26.6 Å². The van der Waals surface area contributed by atoms with Gasteiger partial charge in [0.1, 0.15) is 4.92 Å².